The molecule has 0 radical (unpaired) electrons. The van der Waals surface area contributed by atoms with Crippen LogP contribution in [0.15, 0.2) is 40.2 Å². The fourth-order valence-electron chi connectivity index (χ4n) is 1.38. The van der Waals surface area contributed by atoms with E-state index in [1.165, 1.54) is 25.5 Å². The molecule has 0 atom stereocenters. The molecule has 2 aromatic rings. The minimum absolute atomic E-state index is 0.138. The Morgan fingerprint density at radius 3 is 2.65 bits per heavy atom. The number of sulfonamides is 1. The number of carbonyl (C=O) groups is 1. The molecule has 0 bridgehead atoms. The first-order chi connectivity index (χ1) is 9.50. The second kappa shape index (κ2) is 6.07. The quantitative estimate of drug-likeness (QED) is 0.881. The van der Waals surface area contributed by atoms with Crippen molar-refractivity contribution >= 4 is 33.2 Å². The lowest BCUT2D eigenvalue weighted by Crippen LogP contribution is -2.34. The van der Waals surface area contributed by atoms with Gasteiger partial charge in [-0.15, -0.1) is 11.3 Å². The molecule has 0 aliphatic rings. The van der Waals surface area contributed by atoms with Gasteiger partial charge in [0, 0.05) is 19.4 Å². The van der Waals surface area contributed by atoms with Crippen molar-refractivity contribution in [1.29, 1.82) is 0 Å². The van der Waals surface area contributed by atoms with Crippen LogP contribution in [0, 0.1) is 0 Å². The van der Waals surface area contributed by atoms with Crippen LogP contribution in [-0.4, -0.2) is 42.2 Å². The SMILES string of the molecule is CN(CC(=O)Nc1ncccn1)S(=O)(=O)c1cccs1. The molecule has 1 amide bonds. The van der Waals surface area contributed by atoms with E-state index in [0.717, 1.165) is 15.6 Å². The summed E-state index contributed by atoms with van der Waals surface area (Å²) in [6, 6.07) is 4.75. The van der Waals surface area contributed by atoms with Gasteiger partial charge in [-0.05, 0) is 17.5 Å². The average molecular weight is 312 g/mol. The van der Waals surface area contributed by atoms with Gasteiger partial charge in [0.2, 0.25) is 11.9 Å². The number of anilines is 1. The Hall–Kier alpha value is -1.84. The number of nitrogens with one attached hydrogen (secondary N) is 1. The molecule has 2 rings (SSSR count). The van der Waals surface area contributed by atoms with Crippen molar-refractivity contribution in [2.24, 2.45) is 0 Å². The molecule has 2 aromatic heterocycles. The molecule has 1 N–H and O–H groups in total. The molecule has 0 aliphatic carbocycles. The molecule has 0 aromatic carbocycles. The van der Waals surface area contributed by atoms with Gasteiger partial charge in [-0.3, -0.25) is 10.1 Å². The van der Waals surface area contributed by atoms with Gasteiger partial charge < -0.3 is 0 Å². The van der Waals surface area contributed by atoms with E-state index in [1.54, 1.807) is 17.5 Å². The Balaban J connectivity index is 2.01. The number of aromatic nitrogens is 2. The summed E-state index contributed by atoms with van der Waals surface area (Å²) in [5.74, 6) is -0.363. The predicted molar refractivity (Wildman–Crippen MR) is 74.8 cm³/mol. The molecule has 106 valence electrons. The number of hydrogen-bond donors (Lipinski definition) is 1. The first-order valence-electron chi connectivity index (χ1n) is 5.57. The molecule has 0 saturated heterocycles. The molecule has 0 aliphatic heterocycles. The third kappa shape index (κ3) is 3.38. The normalized spacial score (nSPS) is 11.5. The Bertz CT molecular complexity index is 671. The van der Waals surface area contributed by atoms with Gasteiger partial charge in [0.25, 0.3) is 10.0 Å². The smallest absolute Gasteiger partial charge is 0.252 e. The third-order valence-corrected chi connectivity index (χ3v) is 5.52. The summed E-state index contributed by atoms with van der Waals surface area (Å²) in [5, 5.41) is 4.09. The summed E-state index contributed by atoms with van der Waals surface area (Å²) in [5.41, 5.74) is 0. The van der Waals surface area contributed by atoms with Crippen LogP contribution in [0.5, 0.6) is 0 Å². The van der Waals surface area contributed by atoms with Crippen LogP contribution in [0.3, 0.4) is 0 Å². The summed E-state index contributed by atoms with van der Waals surface area (Å²) < 4.78 is 25.4. The Morgan fingerprint density at radius 1 is 1.35 bits per heavy atom. The zero-order chi connectivity index (χ0) is 14.6. The van der Waals surface area contributed by atoms with Crippen molar-refractivity contribution in [3.05, 3.63) is 36.0 Å². The summed E-state index contributed by atoms with van der Waals surface area (Å²) in [6.07, 6.45) is 2.96. The number of nitrogens with zero attached hydrogens (tertiary/aromatic N) is 3. The zero-order valence-corrected chi connectivity index (χ0v) is 12.2. The van der Waals surface area contributed by atoms with E-state index in [9.17, 15) is 13.2 Å². The highest BCUT2D eigenvalue weighted by atomic mass is 32.2. The van der Waals surface area contributed by atoms with Crippen molar-refractivity contribution < 1.29 is 13.2 Å². The maximum atomic E-state index is 12.1. The number of hydrogen-bond acceptors (Lipinski definition) is 6. The molecule has 0 fully saturated rings. The number of rotatable bonds is 5. The van der Waals surface area contributed by atoms with E-state index in [4.69, 9.17) is 0 Å². The fourth-order valence-corrected chi connectivity index (χ4v) is 3.71. The second-order valence-electron chi connectivity index (χ2n) is 3.81. The predicted octanol–water partition coefficient (Wildman–Crippen LogP) is 0.797. The first-order valence-corrected chi connectivity index (χ1v) is 7.89. The number of carbonyl (C=O) groups excluding carboxylic acids is 1. The highest BCUT2D eigenvalue weighted by Gasteiger charge is 2.23. The van der Waals surface area contributed by atoms with Gasteiger partial charge in [0.05, 0.1) is 6.54 Å². The Kier molecular flexibility index (Phi) is 4.42. The number of likely N-dealkylation sites (N-methyl/N-ethyl adjacent to an activating group) is 1. The lowest BCUT2D eigenvalue weighted by Gasteiger charge is -2.15. The van der Waals surface area contributed by atoms with Crippen LogP contribution in [0.25, 0.3) is 0 Å². The summed E-state index contributed by atoms with van der Waals surface area (Å²) >= 11 is 1.10. The fraction of sp³-hybridized carbons (Fsp3) is 0.182. The number of amides is 1. The van der Waals surface area contributed by atoms with Crippen LogP contribution in [0.4, 0.5) is 5.95 Å². The monoisotopic (exact) mass is 312 g/mol. The largest absolute Gasteiger partial charge is 0.293 e. The standard InChI is InChI=1S/C11H12N4O3S2/c1-15(20(17,18)10-4-2-7-19-10)8-9(16)14-11-12-5-3-6-13-11/h2-7H,8H2,1H3,(H,12,13,14,16). The molecule has 20 heavy (non-hydrogen) atoms. The van der Waals surface area contributed by atoms with Gasteiger partial charge in [-0.2, -0.15) is 4.31 Å². The molecule has 0 saturated carbocycles. The van der Waals surface area contributed by atoms with E-state index in [2.05, 4.69) is 15.3 Å². The van der Waals surface area contributed by atoms with Crippen LogP contribution in [0.1, 0.15) is 0 Å². The molecular weight excluding hydrogens is 300 g/mol. The highest BCUT2D eigenvalue weighted by Crippen LogP contribution is 2.19. The molecule has 2 heterocycles. The molecule has 0 spiro atoms. The van der Waals surface area contributed by atoms with E-state index in [-0.39, 0.29) is 16.7 Å². The van der Waals surface area contributed by atoms with Crippen LogP contribution >= 0.6 is 11.3 Å². The topological polar surface area (TPSA) is 92.3 Å². The molecule has 7 nitrogen and oxygen atoms in total. The molecule has 9 heteroatoms. The average Bonchev–Trinajstić information content (AvgIpc) is 2.94. The van der Waals surface area contributed by atoms with Crippen molar-refractivity contribution in [3.63, 3.8) is 0 Å². The van der Waals surface area contributed by atoms with Gasteiger partial charge in [0.15, 0.2) is 0 Å². The lowest BCUT2D eigenvalue weighted by atomic mass is 10.6. The molecular formula is C11H12N4O3S2. The lowest BCUT2D eigenvalue weighted by molar-refractivity contribution is -0.116. The Morgan fingerprint density at radius 2 is 2.05 bits per heavy atom. The minimum Gasteiger partial charge on any atom is -0.293 e. The van der Waals surface area contributed by atoms with E-state index in [1.807, 2.05) is 0 Å². The number of thiophene rings is 1. The Labute approximate surface area is 120 Å². The third-order valence-electron chi connectivity index (χ3n) is 2.34. The first kappa shape index (κ1) is 14.6. The summed E-state index contributed by atoms with van der Waals surface area (Å²) in [7, 11) is -2.29. The van der Waals surface area contributed by atoms with Gasteiger partial charge in [0.1, 0.15) is 4.21 Å². The zero-order valence-electron chi connectivity index (χ0n) is 10.6. The van der Waals surface area contributed by atoms with Crippen molar-refractivity contribution in [3.8, 4) is 0 Å². The summed E-state index contributed by atoms with van der Waals surface area (Å²) in [6.45, 7) is -0.307. The maximum Gasteiger partial charge on any atom is 0.252 e. The second-order valence-corrected chi connectivity index (χ2v) is 7.03. The van der Waals surface area contributed by atoms with E-state index >= 15 is 0 Å². The van der Waals surface area contributed by atoms with Crippen LogP contribution < -0.4 is 5.32 Å². The van der Waals surface area contributed by atoms with Gasteiger partial charge in [-0.25, -0.2) is 18.4 Å². The van der Waals surface area contributed by atoms with Crippen LogP contribution in [0.2, 0.25) is 0 Å². The maximum absolute atomic E-state index is 12.1. The van der Waals surface area contributed by atoms with E-state index < -0.39 is 15.9 Å². The summed E-state index contributed by atoms with van der Waals surface area (Å²) in [4.78, 5) is 19.4. The van der Waals surface area contributed by atoms with Crippen molar-refractivity contribution in [2.45, 2.75) is 4.21 Å². The van der Waals surface area contributed by atoms with Crippen LogP contribution in [-0.2, 0) is 14.8 Å². The van der Waals surface area contributed by atoms with Gasteiger partial charge >= 0.3 is 0 Å². The van der Waals surface area contributed by atoms with Crippen molar-refractivity contribution in [1.82, 2.24) is 14.3 Å². The van der Waals surface area contributed by atoms with E-state index in [0.29, 0.717) is 0 Å². The highest BCUT2D eigenvalue weighted by molar-refractivity contribution is 7.91. The van der Waals surface area contributed by atoms with Crippen molar-refractivity contribution in [2.75, 3.05) is 18.9 Å². The minimum atomic E-state index is -3.63. The van der Waals surface area contributed by atoms with Gasteiger partial charge in [-0.1, -0.05) is 6.07 Å². The molecule has 0 unspecified atom stereocenters.